The molecule has 0 radical (unpaired) electrons. The molecule has 1 unspecified atom stereocenters. The van der Waals surface area contributed by atoms with Crippen molar-refractivity contribution in [2.75, 3.05) is 6.61 Å². The fourth-order valence-electron chi connectivity index (χ4n) is 3.41. The lowest BCUT2D eigenvalue weighted by Gasteiger charge is -2.49. The van der Waals surface area contributed by atoms with Gasteiger partial charge in [-0.2, -0.15) is 0 Å². The Bertz CT molecular complexity index is 490. The molecule has 6 heteroatoms. The summed E-state index contributed by atoms with van der Waals surface area (Å²) in [5.74, 6) is 1.03. The van der Waals surface area contributed by atoms with Gasteiger partial charge in [0.15, 0.2) is 11.6 Å². The highest BCUT2D eigenvalue weighted by Crippen LogP contribution is 2.41. The molecule has 2 rings (SSSR count). The van der Waals surface area contributed by atoms with Gasteiger partial charge in [0.25, 0.3) is 0 Å². The Balaban J connectivity index is 2.34. The molecule has 0 bridgehead atoms. The highest BCUT2D eigenvalue weighted by atomic mass is 28.3. The average Bonchev–Trinajstić information content (AvgIpc) is 2.66. The van der Waals surface area contributed by atoms with E-state index < -0.39 is 43.6 Å². The van der Waals surface area contributed by atoms with Crippen LogP contribution >= 0.6 is 0 Å². The standard InChI is InChI=1S/C17H30O5Si/c1-9-12-13(21-16(4,5)20-12)14-17(18,11-23(6,7)8)10-19-15(2,3)22-14/h1,12-14,18H,10-11H2,2-8H3/t12-,13+,14+,17?/m0/s1. The van der Waals surface area contributed by atoms with Crippen molar-refractivity contribution in [2.45, 2.75) is 88.9 Å². The Hall–Kier alpha value is -0.423. The average molecular weight is 343 g/mol. The van der Waals surface area contributed by atoms with Crippen molar-refractivity contribution in [3.63, 3.8) is 0 Å². The quantitative estimate of drug-likeness (QED) is 0.630. The molecule has 1 N–H and O–H groups in total. The molecule has 2 aliphatic heterocycles. The van der Waals surface area contributed by atoms with E-state index in [1.165, 1.54) is 0 Å². The van der Waals surface area contributed by atoms with Gasteiger partial charge in [-0.05, 0) is 33.7 Å². The summed E-state index contributed by atoms with van der Waals surface area (Å²) in [5.41, 5.74) is -1.14. The first-order valence-corrected chi connectivity index (χ1v) is 11.8. The number of hydrogen-bond acceptors (Lipinski definition) is 5. The maximum atomic E-state index is 11.3. The summed E-state index contributed by atoms with van der Waals surface area (Å²) < 4.78 is 23.6. The van der Waals surface area contributed by atoms with Crippen LogP contribution in [0.4, 0.5) is 0 Å². The molecule has 2 fully saturated rings. The summed E-state index contributed by atoms with van der Waals surface area (Å²) in [4.78, 5) is 0. The molecule has 2 heterocycles. The minimum atomic E-state index is -1.58. The molecule has 0 aromatic carbocycles. The number of rotatable bonds is 3. The van der Waals surface area contributed by atoms with Crippen molar-refractivity contribution in [1.29, 1.82) is 0 Å². The van der Waals surface area contributed by atoms with E-state index in [4.69, 9.17) is 25.4 Å². The summed E-state index contributed by atoms with van der Waals surface area (Å²) in [6.07, 6.45) is 3.94. The summed E-state index contributed by atoms with van der Waals surface area (Å²) in [6.45, 7) is 14.1. The smallest absolute Gasteiger partial charge is 0.165 e. The van der Waals surface area contributed by atoms with Gasteiger partial charge in [-0.25, -0.2) is 0 Å². The van der Waals surface area contributed by atoms with Gasteiger partial charge < -0.3 is 24.1 Å². The van der Waals surface area contributed by atoms with E-state index in [-0.39, 0.29) is 6.61 Å². The molecular formula is C17H30O5Si. The van der Waals surface area contributed by atoms with Crippen molar-refractivity contribution in [3.05, 3.63) is 0 Å². The zero-order chi connectivity index (χ0) is 17.7. The Morgan fingerprint density at radius 2 is 1.70 bits per heavy atom. The molecule has 0 aromatic rings. The third-order valence-corrected chi connectivity index (χ3v) is 5.71. The molecule has 0 aromatic heterocycles. The molecule has 0 amide bonds. The second-order valence-corrected chi connectivity index (χ2v) is 14.2. The number of ether oxygens (including phenoxy) is 4. The van der Waals surface area contributed by atoms with E-state index in [2.05, 4.69) is 25.6 Å². The molecule has 4 atom stereocenters. The van der Waals surface area contributed by atoms with Gasteiger partial charge in [0.2, 0.25) is 0 Å². The van der Waals surface area contributed by atoms with Crippen molar-refractivity contribution >= 4 is 8.07 Å². The fraction of sp³-hybridized carbons (Fsp3) is 0.882. The van der Waals surface area contributed by atoms with Gasteiger partial charge in [-0.1, -0.05) is 25.6 Å². The minimum Gasteiger partial charge on any atom is -0.385 e. The first-order chi connectivity index (χ1) is 10.3. The van der Waals surface area contributed by atoms with E-state index in [0.717, 1.165) is 0 Å². The first kappa shape index (κ1) is 18.9. The van der Waals surface area contributed by atoms with E-state index in [0.29, 0.717) is 6.04 Å². The molecule has 2 aliphatic rings. The van der Waals surface area contributed by atoms with Crippen molar-refractivity contribution < 1.29 is 24.1 Å². The third kappa shape index (κ3) is 4.35. The number of terminal acetylenes is 1. The van der Waals surface area contributed by atoms with Crippen LogP contribution in [0.3, 0.4) is 0 Å². The lowest BCUT2D eigenvalue weighted by atomic mass is 9.90. The second-order valence-electron chi connectivity index (χ2n) is 8.76. The van der Waals surface area contributed by atoms with Crippen LogP contribution in [-0.2, 0) is 18.9 Å². The summed E-state index contributed by atoms with van der Waals surface area (Å²) in [7, 11) is -1.58. The zero-order valence-corrected chi connectivity index (χ0v) is 16.3. The number of aliphatic hydroxyl groups is 1. The monoisotopic (exact) mass is 342 g/mol. The maximum Gasteiger partial charge on any atom is 0.165 e. The van der Waals surface area contributed by atoms with Crippen molar-refractivity contribution in [2.24, 2.45) is 0 Å². The van der Waals surface area contributed by atoms with Crippen LogP contribution < -0.4 is 0 Å². The van der Waals surface area contributed by atoms with Gasteiger partial charge in [-0.15, -0.1) is 6.42 Å². The minimum absolute atomic E-state index is 0.201. The van der Waals surface area contributed by atoms with Crippen LogP contribution in [0, 0.1) is 12.3 Å². The topological polar surface area (TPSA) is 57.2 Å². The van der Waals surface area contributed by atoms with E-state index >= 15 is 0 Å². The van der Waals surface area contributed by atoms with Crippen LogP contribution in [0.2, 0.25) is 25.7 Å². The summed E-state index contributed by atoms with van der Waals surface area (Å²) in [5, 5.41) is 11.3. The van der Waals surface area contributed by atoms with Gasteiger partial charge in [0, 0.05) is 8.07 Å². The SMILES string of the molecule is C#C[C@@H]1OC(C)(C)O[C@H]1[C@H]1OC(C)(C)OCC1(O)C[Si](C)(C)C. The van der Waals surface area contributed by atoms with Crippen LogP contribution in [0.15, 0.2) is 0 Å². The fourth-order valence-corrected chi connectivity index (χ4v) is 5.55. The van der Waals surface area contributed by atoms with Crippen LogP contribution in [0.1, 0.15) is 27.7 Å². The molecule has 0 spiro atoms. The Morgan fingerprint density at radius 1 is 1.09 bits per heavy atom. The zero-order valence-electron chi connectivity index (χ0n) is 15.3. The molecular weight excluding hydrogens is 312 g/mol. The van der Waals surface area contributed by atoms with Crippen molar-refractivity contribution in [3.8, 4) is 12.3 Å². The largest absolute Gasteiger partial charge is 0.385 e. The normalized spacial score (nSPS) is 39.9. The second kappa shape index (κ2) is 5.83. The molecule has 23 heavy (non-hydrogen) atoms. The molecule has 0 saturated carbocycles. The molecule has 5 nitrogen and oxygen atoms in total. The highest BCUT2D eigenvalue weighted by molar-refractivity contribution is 6.76. The highest BCUT2D eigenvalue weighted by Gasteiger charge is 2.57. The third-order valence-electron chi connectivity index (χ3n) is 4.04. The Kier molecular flexibility index (Phi) is 4.80. The summed E-state index contributed by atoms with van der Waals surface area (Å²) >= 11 is 0. The number of hydrogen-bond donors (Lipinski definition) is 1. The first-order valence-electron chi connectivity index (χ1n) is 8.13. The molecule has 132 valence electrons. The van der Waals surface area contributed by atoms with Gasteiger partial charge in [-0.3, -0.25) is 0 Å². The van der Waals surface area contributed by atoms with Crippen LogP contribution in [-0.4, -0.2) is 55.3 Å². The molecule has 2 saturated heterocycles. The predicted octanol–water partition coefficient (Wildman–Crippen LogP) is 2.36. The van der Waals surface area contributed by atoms with Gasteiger partial charge in [0.05, 0.1) is 6.61 Å². The molecule has 0 aliphatic carbocycles. The van der Waals surface area contributed by atoms with Gasteiger partial charge >= 0.3 is 0 Å². The maximum absolute atomic E-state index is 11.3. The van der Waals surface area contributed by atoms with Crippen LogP contribution in [0.5, 0.6) is 0 Å². The van der Waals surface area contributed by atoms with Crippen molar-refractivity contribution in [1.82, 2.24) is 0 Å². The Morgan fingerprint density at radius 3 is 2.22 bits per heavy atom. The lowest BCUT2D eigenvalue weighted by molar-refractivity contribution is -0.347. The van der Waals surface area contributed by atoms with E-state index in [9.17, 15) is 5.11 Å². The van der Waals surface area contributed by atoms with Crippen LogP contribution in [0.25, 0.3) is 0 Å². The van der Waals surface area contributed by atoms with E-state index in [1.807, 2.05) is 27.7 Å². The van der Waals surface area contributed by atoms with E-state index in [1.54, 1.807) is 0 Å². The summed E-state index contributed by atoms with van der Waals surface area (Å²) in [6, 6.07) is 0.637. The Labute approximate surface area is 140 Å². The lowest BCUT2D eigenvalue weighted by Crippen LogP contribution is -2.64. The van der Waals surface area contributed by atoms with Gasteiger partial charge in [0.1, 0.15) is 23.9 Å². The predicted molar refractivity (Wildman–Crippen MR) is 90.7 cm³/mol.